The predicted octanol–water partition coefficient (Wildman–Crippen LogP) is 3.71. The minimum Gasteiger partial charge on any atom is -0.494 e. The van der Waals surface area contributed by atoms with Crippen molar-refractivity contribution in [2.24, 2.45) is 0 Å². The highest BCUT2D eigenvalue weighted by Gasteiger charge is 2.34. The largest absolute Gasteiger partial charge is 0.494 e. The number of anilines is 1. The maximum Gasteiger partial charge on any atom is 0.418 e. The summed E-state index contributed by atoms with van der Waals surface area (Å²) in [6.45, 7) is 2.16. The van der Waals surface area contributed by atoms with Crippen LogP contribution < -0.4 is 20.1 Å². The normalized spacial score (nSPS) is 11.0. The summed E-state index contributed by atoms with van der Waals surface area (Å²) in [6, 6.07) is 12.7. The number of hydrogen-bond acceptors (Lipinski definition) is 4. The molecule has 2 aromatic carbocycles. The van der Waals surface area contributed by atoms with Gasteiger partial charge in [-0.15, -0.1) is 0 Å². The van der Waals surface area contributed by atoms with E-state index in [2.05, 4.69) is 10.6 Å². The monoisotopic (exact) mass is 382 g/mol. The van der Waals surface area contributed by atoms with Gasteiger partial charge in [-0.3, -0.25) is 4.79 Å². The minimum atomic E-state index is -4.56. The summed E-state index contributed by atoms with van der Waals surface area (Å²) >= 11 is 0. The molecule has 0 heterocycles. The van der Waals surface area contributed by atoms with E-state index in [-0.39, 0.29) is 37.7 Å². The van der Waals surface area contributed by atoms with Crippen LogP contribution in [-0.4, -0.2) is 32.2 Å². The molecular weight excluding hydrogens is 361 g/mol. The highest BCUT2D eigenvalue weighted by atomic mass is 19.4. The first-order valence-corrected chi connectivity index (χ1v) is 8.42. The number of carbonyl (C=O) groups excluding carboxylic acids is 1. The van der Waals surface area contributed by atoms with Gasteiger partial charge in [0, 0.05) is 5.69 Å². The van der Waals surface area contributed by atoms with Crippen LogP contribution in [-0.2, 0) is 11.0 Å². The summed E-state index contributed by atoms with van der Waals surface area (Å²) in [7, 11) is 0. The maximum absolute atomic E-state index is 13.2. The molecule has 0 spiro atoms. The minimum absolute atomic E-state index is 0.123. The molecule has 146 valence electrons. The van der Waals surface area contributed by atoms with Gasteiger partial charge in [0.2, 0.25) is 5.91 Å². The van der Waals surface area contributed by atoms with Gasteiger partial charge in [0.05, 0.1) is 25.3 Å². The van der Waals surface area contributed by atoms with Crippen LogP contribution in [0.4, 0.5) is 18.9 Å². The van der Waals surface area contributed by atoms with E-state index in [1.807, 2.05) is 18.2 Å². The van der Waals surface area contributed by atoms with Crippen LogP contribution >= 0.6 is 0 Å². The average Bonchev–Trinajstić information content (AvgIpc) is 2.64. The molecule has 0 aromatic heterocycles. The van der Waals surface area contributed by atoms with Gasteiger partial charge in [-0.25, -0.2) is 0 Å². The van der Waals surface area contributed by atoms with Crippen LogP contribution in [0.3, 0.4) is 0 Å². The van der Waals surface area contributed by atoms with E-state index < -0.39 is 17.6 Å². The van der Waals surface area contributed by atoms with E-state index in [0.717, 1.165) is 6.07 Å². The van der Waals surface area contributed by atoms with Crippen molar-refractivity contribution in [3.8, 4) is 11.5 Å². The zero-order valence-electron chi connectivity index (χ0n) is 14.8. The van der Waals surface area contributed by atoms with E-state index in [0.29, 0.717) is 5.75 Å². The Labute approximate surface area is 155 Å². The first kappa shape index (κ1) is 20.4. The molecule has 0 aliphatic rings. The zero-order valence-corrected chi connectivity index (χ0v) is 14.8. The second kappa shape index (κ2) is 9.70. The maximum atomic E-state index is 13.2. The molecule has 0 unspecified atom stereocenters. The Morgan fingerprint density at radius 2 is 1.78 bits per heavy atom. The molecular formula is C19H21F3N2O3. The molecule has 2 aromatic rings. The van der Waals surface area contributed by atoms with Crippen molar-refractivity contribution in [2.45, 2.75) is 13.1 Å². The Hall–Kier alpha value is -2.90. The van der Waals surface area contributed by atoms with Crippen molar-refractivity contribution in [3.05, 3.63) is 54.1 Å². The fourth-order valence-electron chi connectivity index (χ4n) is 2.28. The molecule has 0 aliphatic carbocycles. The Balaban J connectivity index is 1.83. The molecule has 0 aliphatic heterocycles. The predicted molar refractivity (Wildman–Crippen MR) is 96.0 cm³/mol. The van der Waals surface area contributed by atoms with E-state index >= 15 is 0 Å². The summed E-state index contributed by atoms with van der Waals surface area (Å²) in [5, 5.41) is 5.10. The first-order chi connectivity index (χ1) is 12.9. The summed E-state index contributed by atoms with van der Waals surface area (Å²) in [4.78, 5) is 11.8. The summed E-state index contributed by atoms with van der Waals surface area (Å²) in [6.07, 6.45) is -4.56. The van der Waals surface area contributed by atoms with Gasteiger partial charge in [-0.05, 0) is 37.3 Å². The number of hydrogen-bond donors (Lipinski definition) is 2. The number of benzene rings is 2. The lowest BCUT2D eigenvalue weighted by molar-refractivity contribution is -0.137. The van der Waals surface area contributed by atoms with Gasteiger partial charge in [-0.1, -0.05) is 18.2 Å². The van der Waals surface area contributed by atoms with Crippen molar-refractivity contribution in [3.63, 3.8) is 0 Å². The fraction of sp³-hybridized carbons (Fsp3) is 0.316. The van der Waals surface area contributed by atoms with Gasteiger partial charge in [0.1, 0.15) is 18.1 Å². The summed E-state index contributed by atoms with van der Waals surface area (Å²) in [5.74, 6) is 0.362. The lowest BCUT2D eigenvalue weighted by Gasteiger charge is -2.16. The average molecular weight is 382 g/mol. The smallest absolute Gasteiger partial charge is 0.418 e. The molecule has 27 heavy (non-hydrogen) atoms. The third-order valence-electron chi connectivity index (χ3n) is 3.48. The Morgan fingerprint density at radius 1 is 1.04 bits per heavy atom. The van der Waals surface area contributed by atoms with Crippen LogP contribution in [0.1, 0.15) is 12.5 Å². The van der Waals surface area contributed by atoms with Crippen LogP contribution in [0.5, 0.6) is 11.5 Å². The molecule has 0 saturated heterocycles. The van der Waals surface area contributed by atoms with Gasteiger partial charge in [-0.2, -0.15) is 13.2 Å². The number of para-hydroxylation sites is 1. The van der Waals surface area contributed by atoms with Crippen LogP contribution in [0, 0.1) is 0 Å². The standard InChI is InChI=1S/C19H21F3N2O3/c1-2-26-15-8-9-17(16(12-15)19(20,21)22)24-13-18(25)23-10-11-27-14-6-4-3-5-7-14/h3-9,12,24H,2,10-11,13H2,1H3,(H,23,25). The number of carbonyl (C=O) groups is 1. The van der Waals surface area contributed by atoms with Crippen LogP contribution in [0.25, 0.3) is 0 Å². The number of amides is 1. The number of ether oxygens (including phenoxy) is 2. The Morgan fingerprint density at radius 3 is 2.44 bits per heavy atom. The van der Waals surface area contributed by atoms with Gasteiger partial charge >= 0.3 is 6.18 Å². The lowest BCUT2D eigenvalue weighted by atomic mass is 10.1. The number of alkyl halides is 3. The molecule has 8 heteroatoms. The molecule has 0 atom stereocenters. The van der Waals surface area contributed by atoms with Gasteiger partial charge in [0.25, 0.3) is 0 Å². The second-order valence-corrected chi connectivity index (χ2v) is 5.50. The number of halogens is 3. The molecule has 1 amide bonds. The zero-order chi connectivity index (χ0) is 19.7. The van der Waals surface area contributed by atoms with E-state index in [4.69, 9.17) is 9.47 Å². The SMILES string of the molecule is CCOc1ccc(NCC(=O)NCCOc2ccccc2)c(C(F)(F)F)c1. The third-order valence-corrected chi connectivity index (χ3v) is 3.48. The van der Waals surface area contributed by atoms with Crippen molar-refractivity contribution in [1.82, 2.24) is 5.32 Å². The van der Waals surface area contributed by atoms with Crippen molar-refractivity contribution in [1.29, 1.82) is 0 Å². The molecule has 0 radical (unpaired) electrons. The van der Waals surface area contributed by atoms with E-state index in [9.17, 15) is 18.0 Å². The number of nitrogens with one attached hydrogen (secondary N) is 2. The van der Waals surface area contributed by atoms with Crippen molar-refractivity contribution < 1.29 is 27.4 Å². The van der Waals surface area contributed by atoms with Gasteiger partial charge < -0.3 is 20.1 Å². The molecule has 2 rings (SSSR count). The van der Waals surface area contributed by atoms with Crippen LogP contribution in [0.15, 0.2) is 48.5 Å². The summed E-state index contributed by atoms with van der Waals surface area (Å²) < 4.78 is 50.1. The third kappa shape index (κ3) is 6.73. The van der Waals surface area contributed by atoms with E-state index in [1.54, 1.807) is 19.1 Å². The molecule has 2 N–H and O–H groups in total. The topological polar surface area (TPSA) is 59.6 Å². The fourth-order valence-corrected chi connectivity index (χ4v) is 2.28. The number of rotatable bonds is 9. The Bertz CT molecular complexity index is 737. The van der Waals surface area contributed by atoms with Crippen LogP contribution in [0.2, 0.25) is 0 Å². The summed E-state index contributed by atoms with van der Waals surface area (Å²) in [5.41, 5.74) is -1.06. The van der Waals surface area contributed by atoms with Gasteiger partial charge in [0.15, 0.2) is 0 Å². The lowest BCUT2D eigenvalue weighted by Crippen LogP contribution is -2.33. The first-order valence-electron chi connectivity index (χ1n) is 8.42. The molecule has 0 fully saturated rings. The molecule has 0 saturated carbocycles. The molecule has 5 nitrogen and oxygen atoms in total. The second-order valence-electron chi connectivity index (χ2n) is 5.50. The van der Waals surface area contributed by atoms with Crippen molar-refractivity contribution in [2.75, 3.05) is 31.6 Å². The van der Waals surface area contributed by atoms with Crippen molar-refractivity contribution >= 4 is 11.6 Å². The molecule has 0 bridgehead atoms. The quantitative estimate of drug-likeness (QED) is 0.649. The van der Waals surface area contributed by atoms with E-state index in [1.165, 1.54) is 12.1 Å². The Kier molecular flexibility index (Phi) is 7.34. The highest BCUT2D eigenvalue weighted by Crippen LogP contribution is 2.37. The highest BCUT2D eigenvalue weighted by molar-refractivity contribution is 5.81.